The number of carbonyl (C=O) groups is 1. The number of pyridine rings is 1. The number of nitrogens with one attached hydrogen (secondary N) is 1. The van der Waals surface area contributed by atoms with Crippen LogP contribution in [0.4, 0.5) is 5.82 Å². The van der Waals surface area contributed by atoms with Crippen LogP contribution in [0.25, 0.3) is 10.8 Å². The molecule has 0 spiro atoms. The van der Waals surface area contributed by atoms with Crippen LogP contribution in [0.1, 0.15) is 42.2 Å². The van der Waals surface area contributed by atoms with E-state index in [9.17, 15) is 9.59 Å². The standard InChI is InChI=1S/C20H22N4O2/c1-3-4-7-12-24-20(26)16-9-6-5-8-15(16)18(23-24)19(25)22-17-13-14(2)10-11-21-17/h5-6,8-11,13H,3-4,7,12H2,1-2H3,(H,21,22,25). The normalized spacial score (nSPS) is 10.8. The Kier molecular flexibility index (Phi) is 5.41. The van der Waals surface area contributed by atoms with Gasteiger partial charge in [0.15, 0.2) is 5.69 Å². The van der Waals surface area contributed by atoms with Gasteiger partial charge in [0.2, 0.25) is 0 Å². The van der Waals surface area contributed by atoms with E-state index in [2.05, 4.69) is 22.3 Å². The maximum Gasteiger partial charge on any atom is 0.277 e. The molecule has 0 aliphatic carbocycles. The smallest absolute Gasteiger partial charge is 0.277 e. The minimum absolute atomic E-state index is 0.165. The summed E-state index contributed by atoms with van der Waals surface area (Å²) < 4.78 is 1.40. The van der Waals surface area contributed by atoms with Gasteiger partial charge in [-0.05, 0) is 37.1 Å². The molecule has 0 aliphatic heterocycles. The zero-order chi connectivity index (χ0) is 18.5. The molecule has 3 aromatic rings. The van der Waals surface area contributed by atoms with Crippen molar-refractivity contribution in [1.82, 2.24) is 14.8 Å². The van der Waals surface area contributed by atoms with Crippen molar-refractivity contribution in [2.45, 2.75) is 39.7 Å². The summed E-state index contributed by atoms with van der Waals surface area (Å²) >= 11 is 0. The minimum atomic E-state index is -0.372. The van der Waals surface area contributed by atoms with E-state index >= 15 is 0 Å². The molecule has 0 saturated heterocycles. The molecular weight excluding hydrogens is 328 g/mol. The average molecular weight is 350 g/mol. The quantitative estimate of drug-likeness (QED) is 0.690. The molecule has 0 fully saturated rings. The van der Waals surface area contributed by atoms with Crippen LogP contribution in [0.5, 0.6) is 0 Å². The fraction of sp³-hybridized carbons (Fsp3) is 0.300. The second-order valence-electron chi connectivity index (χ2n) is 6.30. The maximum absolute atomic E-state index is 12.8. The fourth-order valence-electron chi connectivity index (χ4n) is 2.85. The Labute approximate surface area is 151 Å². The van der Waals surface area contributed by atoms with Gasteiger partial charge in [0, 0.05) is 18.1 Å². The first-order chi connectivity index (χ1) is 12.6. The van der Waals surface area contributed by atoms with E-state index < -0.39 is 0 Å². The highest BCUT2D eigenvalue weighted by molar-refractivity contribution is 6.10. The predicted molar refractivity (Wildman–Crippen MR) is 102 cm³/mol. The number of hydrogen-bond acceptors (Lipinski definition) is 4. The van der Waals surface area contributed by atoms with Crippen molar-refractivity contribution in [2.75, 3.05) is 5.32 Å². The Morgan fingerprint density at radius 3 is 2.65 bits per heavy atom. The molecule has 0 aliphatic rings. The van der Waals surface area contributed by atoms with Crippen molar-refractivity contribution in [3.05, 3.63) is 64.2 Å². The molecule has 134 valence electrons. The molecule has 0 unspecified atom stereocenters. The maximum atomic E-state index is 12.8. The van der Waals surface area contributed by atoms with Crippen LogP contribution in [-0.2, 0) is 6.54 Å². The molecule has 2 heterocycles. The van der Waals surface area contributed by atoms with Crippen molar-refractivity contribution in [3.8, 4) is 0 Å². The van der Waals surface area contributed by atoms with Crippen LogP contribution in [0.15, 0.2) is 47.4 Å². The van der Waals surface area contributed by atoms with Gasteiger partial charge in [0.25, 0.3) is 11.5 Å². The third-order valence-electron chi connectivity index (χ3n) is 4.21. The highest BCUT2D eigenvalue weighted by atomic mass is 16.2. The summed E-state index contributed by atoms with van der Waals surface area (Å²) in [5.74, 6) is 0.0909. The number of carbonyl (C=O) groups excluding carboxylic acids is 1. The number of amides is 1. The second-order valence-corrected chi connectivity index (χ2v) is 6.30. The zero-order valence-corrected chi connectivity index (χ0v) is 15.0. The first kappa shape index (κ1) is 17.8. The summed E-state index contributed by atoms with van der Waals surface area (Å²) in [6.45, 7) is 4.53. The van der Waals surface area contributed by atoms with E-state index in [1.165, 1.54) is 4.68 Å². The monoisotopic (exact) mass is 350 g/mol. The summed E-state index contributed by atoms with van der Waals surface area (Å²) in [5.41, 5.74) is 1.07. The highest BCUT2D eigenvalue weighted by Gasteiger charge is 2.17. The Balaban J connectivity index is 2.01. The zero-order valence-electron chi connectivity index (χ0n) is 15.0. The third kappa shape index (κ3) is 3.79. The van der Waals surface area contributed by atoms with Gasteiger partial charge in [0.1, 0.15) is 5.82 Å². The predicted octanol–water partition coefficient (Wildman–Crippen LogP) is 3.54. The lowest BCUT2D eigenvalue weighted by molar-refractivity contribution is 0.102. The number of fused-ring (bicyclic) bond motifs is 1. The molecule has 0 bridgehead atoms. The van der Waals surface area contributed by atoms with Crippen molar-refractivity contribution < 1.29 is 4.79 Å². The summed E-state index contributed by atoms with van der Waals surface area (Å²) in [7, 11) is 0. The Hall–Kier alpha value is -3.02. The summed E-state index contributed by atoms with van der Waals surface area (Å²) in [6.07, 6.45) is 4.55. The van der Waals surface area contributed by atoms with E-state index in [0.29, 0.717) is 23.1 Å². The van der Waals surface area contributed by atoms with Gasteiger partial charge in [-0.3, -0.25) is 9.59 Å². The first-order valence-corrected chi connectivity index (χ1v) is 8.84. The van der Waals surface area contributed by atoms with E-state index in [1.807, 2.05) is 13.0 Å². The second kappa shape index (κ2) is 7.91. The molecule has 1 amide bonds. The van der Waals surface area contributed by atoms with Crippen molar-refractivity contribution in [2.24, 2.45) is 0 Å². The van der Waals surface area contributed by atoms with Gasteiger partial charge in [-0.15, -0.1) is 0 Å². The molecule has 0 radical (unpaired) electrons. The molecular formula is C20H22N4O2. The van der Waals surface area contributed by atoms with Crippen molar-refractivity contribution in [1.29, 1.82) is 0 Å². The largest absolute Gasteiger partial charge is 0.305 e. The van der Waals surface area contributed by atoms with Crippen LogP contribution in [0.3, 0.4) is 0 Å². The molecule has 2 aromatic heterocycles. The Bertz CT molecular complexity index is 995. The average Bonchev–Trinajstić information content (AvgIpc) is 2.64. The van der Waals surface area contributed by atoms with Crippen LogP contribution in [0, 0.1) is 6.92 Å². The number of benzene rings is 1. The number of aromatic nitrogens is 3. The molecule has 0 atom stereocenters. The van der Waals surface area contributed by atoms with E-state index in [0.717, 1.165) is 24.8 Å². The van der Waals surface area contributed by atoms with Gasteiger partial charge in [-0.1, -0.05) is 38.0 Å². The molecule has 3 rings (SSSR count). The number of nitrogens with zero attached hydrogens (tertiary/aromatic N) is 3. The van der Waals surface area contributed by atoms with Gasteiger partial charge in [0.05, 0.1) is 5.39 Å². The van der Waals surface area contributed by atoms with E-state index in [1.54, 1.807) is 36.5 Å². The van der Waals surface area contributed by atoms with E-state index in [-0.39, 0.29) is 17.2 Å². The summed E-state index contributed by atoms with van der Waals surface area (Å²) in [4.78, 5) is 29.6. The Morgan fingerprint density at radius 2 is 1.92 bits per heavy atom. The topological polar surface area (TPSA) is 76.9 Å². The third-order valence-corrected chi connectivity index (χ3v) is 4.21. The highest BCUT2D eigenvalue weighted by Crippen LogP contribution is 2.15. The Morgan fingerprint density at radius 1 is 1.15 bits per heavy atom. The SMILES string of the molecule is CCCCCn1nc(C(=O)Nc2cc(C)ccn2)c2ccccc2c1=O. The number of unbranched alkanes of at least 4 members (excludes halogenated alkanes) is 2. The summed E-state index contributed by atoms with van der Waals surface area (Å²) in [5, 5.41) is 8.18. The first-order valence-electron chi connectivity index (χ1n) is 8.84. The summed E-state index contributed by atoms with van der Waals surface area (Å²) in [6, 6.07) is 10.7. The molecule has 1 N–H and O–H groups in total. The van der Waals surface area contributed by atoms with Gasteiger partial charge in [-0.25, -0.2) is 9.67 Å². The van der Waals surface area contributed by atoms with Crippen LogP contribution < -0.4 is 10.9 Å². The van der Waals surface area contributed by atoms with E-state index in [4.69, 9.17) is 0 Å². The number of aryl methyl sites for hydroxylation is 2. The molecule has 1 aromatic carbocycles. The lowest BCUT2D eigenvalue weighted by Gasteiger charge is -2.11. The van der Waals surface area contributed by atoms with Gasteiger partial charge >= 0.3 is 0 Å². The van der Waals surface area contributed by atoms with Crippen LogP contribution >= 0.6 is 0 Å². The molecule has 0 saturated carbocycles. The van der Waals surface area contributed by atoms with Gasteiger partial charge < -0.3 is 5.32 Å². The van der Waals surface area contributed by atoms with Gasteiger partial charge in [-0.2, -0.15) is 5.10 Å². The van der Waals surface area contributed by atoms with Crippen LogP contribution in [0.2, 0.25) is 0 Å². The lowest BCUT2D eigenvalue weighted by Crippen LogP contribution is -2.28. The molecule has 6 heteroatoms. The van der Waals surface area contributed by atoms with Crippen molar-refractivity contribution in [3.63, 3.8) is 0 Å². The lowest BCUT2D eigenvalue weighted by atomic mass is 10.1. The number of anilines is 1. The fourth-order valence-corrected chi connectivity index (χ4v) is 2.85. The van der Waals surface area contributed by atoms with Crippen LogP contribution in [-0.4, -0.2) is 20.7 Å². The molecule has 26 heavy (non-hydrogen) atoms. The number of rotatable bonds is 6. The number of hydrogen-bond donors (Lipinski definition) is 1. The molecule has 6 nitrogen and oxygen atoms in total. The van der Waals surface area contributed by atoms with Crippen molar-refractivity contribution >= 4 is 22.5 Å². The minimum Gasteiger partial charge on any atom is -0.305 e.